The Morgan fingerprint density at radius 1 is 1.31 bits per heavy atom. The van der Waals surface area contributed by atoms with Crippen molar-refractivity contribution in [3.63, 3.8) is 0 Å². The van der Waals surface area contributed by atoms with Gasteiger partial charge in [-0.3, -0.25) is 9.69 Å². The number of rotatable bonds is 3. The Morgan fingerprint density at radius 3 is 2.69 bits per heavy atom. The van der Waals surface area contributed by atoms with Gasteiger partial charge in [0.25, 0.3) is 0 Å². The molecule has 1 saturated carbocycles. The Kier molecular flexibility index (Phi) is 3.78. The molecule has 0 spiro atoms. The average molecular weight is 238 g/mol. The quantitative estimate of drug-likeness (QED) is 0.598. The van der Waals surface area contributed by atoms with Gasteiger partial charge in [0.15, 0.2) is 0 Å². The smallest absolute Gasteiger partial charge is 0.285 e. The largest absolute Gasteiger partial charge is 0.318 e. The zero-order chi connectivity index (χ0) is 11.4. The van der Waals surface area contributed by atoms with E-state index in [1.807, 2.05) is 6.41 Å². The lowest BCUT2D eigenvalue weighted by Gasteiger charge is -2.29. The lowest BCUT2D eigenvalue weighted by Crippen LogP contribution is -2.36. The summed E-state index contributed by atoms with van der Waals surface area (Å²) >= 11 is 5.82. The van der Waals surface area contributed by atoms with Crippen LogP contribution in [0.3, 0.4) is 0 Å². The Hall–Kier alpha value is -1.09. The van der Waals surface area contributed by atoms with Gasteiger partial charge in [-0.05, 0) is 25.0 Å². The molecule has 0 N–H and O–H groups in total. The SMILES string of the molecule is O=[C]N(c1cccc(Cl)n1)C1CCCCC1. The van der Waals surface area contributed by atoms with Crippen molar-refractivity contribution in [3.8, 4) is 0 Å². The minimum absolute atomic E-state index is 0.234. The number of nitrogens with zero attached hydrogens (tertiary/aromatic N) is 2. The molecule has 1 radical (unpaired) electrons. The first-order valence-electron chi connectivity index (χ1n) is 5.61. The van der Waals surface area contributed by atoms with E-state index in [2.05, 4.69) is 4.98 Å². The van der Waals surface area contributed by atoms with Crippen molar-refractivity contribution < 1.29 is 4.79 Å². The van der Waals surface area contributed by atoms with E-state index in [1.165, 1.54) is 19.3 Å². The highest BCUT2D eigenvalue weighted by atomic mass is 35.5. The van der Waals surface area contributed by atoms with Crippen LogP contribution in [0.4, 0.5) is 5.82 Å². The molecule has 1 fully saturated rings. The molecule has 4 heteroatoms. The van der Waals surface area contributed by atoms with Crippen LogP contribution in [0, 0.1) is 0 Å². The molecule has 3 nitrogen and oxygen atoms in total. The van der Waals surface area contributed by atoms with Crippen LogP contribution in [-0.4, -0.2) is 17.4 Å². The molecule has 0 unspecified atom stereocenters. The third-order valence-corrected chi connectivity index (χ3v) is 3.20. The molecule has 1 aliphatic rings. The molecular formula is C12H14ClN2O. The fourth-order valence-corrected chi connectivity index (χ4v) is 2.34. The number of aromatic nitrogens is 1. The molecule has 0 aliphatic heterocycles. The van der Waals surface area contributed by atoms with E-state index in [4.69, 9.17) is 11.6 Å². The van der Waals surface area contributed by atoms with Gasteiger partial charge in [-0.1, -0.05) is 36.9 Å². The fourth-order valence-electron chi connectivity index (χ4n) is 2.18. The number of amides is 1. The summed E-state index contributed by atoms with van der Waals surface area (Å²) in [5.74, 6) is 0.606. The second kappa shape index (κ2) is 5.30. The van der Waals surface area contributed by atoms with Gasteiger partial charge in [0.1, 0.15) is 11.0 Å². The summed E-state index contributed by atoms with van der Waals surface area (Å²) in [6.45, 7) is 0. The first kappa shape index (κ1) is 11.4. The second-order valence-electron chi connectivity index (χ2n) is 4.07. The highest BCUT2D eigenvalue weighted by Gasteiger charge is 2.22. The molecule has 16 heavy (non-hydrogen) atoms. The summed E-state index contributed by atoms with van der Waals surface area (Å²) < 4.78 is 0. The summed E-state index contributed by atoms with van der Waals surface area (Å²) in [5.41, 5.74) is 0. The molecule has 1 aromatic rings. The van der Waals surface area contributed by atoms with Crippen LogP contribution in [0.15, 0.2) is 18.2 Å². The van der Waals surface area contributed by atoms with Crippen molar-refractivity contribution in [2.24, 2.45) is 0 Å². The predicted octanol–water partition coefficient (Wildman–Crippen LogP) is 2.94. The van der Waals surface area contributed by atoms with Crippen molar-refractivity contribution >= 4 is 23.8 Å². The van der Waals surface area contributed by atoms with Gasteiger partial charge in [0, 0.05) is 6.04 Å². The van der Waals surface area contributed by atoms with E-state index in [-0.39, 0.29) is 6.04 Å². The maximum absolute atomic E-state index is 11.0. The number of anilines is 1. The van der Waals surface area contributed by atoms with Gasteiger partial charge in [-0.15, -0.1) is 0 Å². The third kappa shape index (κ3) is 2.53. The van der Waals surface area contributed by atoms with Crippen molar-refractivity contribution in [2.75, 3.05) is 4.90 Å². The molecule has 1 heterocycles. The van der Waals surface area contributed by atoms with Gasteiger partial charge in [-0.2, -0.15) is 0 Å². The first-order valence-corrected chi connectivity index (χ1v) is 5.98. The summed E-state index contributed by atoms with van der Waals surface area (Å²) in [4.78, 5) is 16.8. The third-order valence-electron chi connectivity index (χ3n) is 2.99. The van der Waals surface area contributed by atoms with E-state index in [1.54, 1.807) is 23.1 Å². The van der Waals surface area contributed by atoms with Crippen LogP contribution in [0.25, 0.3) is 0 Å². The average Bonchev–Trinajstić information content (AvgIpc) is 2.31. The van der Waals surface area contributed by atoms with Crippen LogP contribution in [0.2, 0.25) is 5.15 Å². The number of halogens is 1. The van der Waals surface area contributed by atoms with E-state index in [0.717, 1.165) is 12.8 Å². The number of hydrogen-bond donors (Lipinski definition) is 0. The van der Waals surface area contributed by atoms with E-state index >= 15 is 0 Å². The van der Waals surface area contributed by atoms with Gasteiger partial charge in [0.05, 0.1) is 0 Å². The molecule has 1 amide bonds. The predicted molar refractivity (Wildman–Crippen MR) is 64.3 cm³/mol. The molecule has 0 bridgehead atoms. The van der Waals surface area contributed by atoms with Crippen LogP contribution >= 0.6 is 11.6 Å². The van der Waals surface area contributed by atoms with Crippen LogP contribution in [-0.2, 0) is 4.79 Å². The number of pyridine rings is 1. The number of carbonyl (C=O) groups excluding carboxylic acids is 1. The summed E-state index contributed by atoms with van der Waals surface area (Å²) in [7, 11) is 0. The fraction of sp³-hybridized carbons (Fsp3) is 0.500. The molecule has 1 aliphatic carbocycles. The molecule has 0 atom stereocenters. The highest BCUT2D eigenvalue weighted by Crippen LogP contribution is 2.25. The van der Waals surface area contributed by atoms with E-state index in [0.29, 0.717) is 11.0 Å². The zero-order valence-corrected chi connectivity index (χ0v) is 9.78. The normalized spacial score (nSPS) is 17.1. The maximum Gasteiger partial charge on any atom is 0.318 e. The minimum atomic E-state index is 0.234. The highest BCUT2D eigenvalue weighted by molar-refractivity contribution is 6.29. The molecule has 85 valence electrons. The molecular weight excluding hydrogens is 224 g/mol. The van der Waals surface area contributed by atoms with Gasteiger partial charge < -0.3 is 0 Å². The van der Waals surface area contributed by atoms with Gasteiger partial charge in [0.2, 0.25) is 0 Å². The van der Waals surface area contributed by atoms with Crippen molar-refractivity contribution in [1.29, 1.82) is 0 Å². The Morgan fingerprint density at radius 2 is 2.06 bits per heavy atom. The van der Waals surface area contributed by atoms with E-state index < -0.39 is 0 Å². The van der Waals surface area contributed by atoms with Crippen LogP contribution < -0.4 is 4.90 Å². The van der Waals surface area contributed by atoms with Crippen molar-refractivity contribution in [2.45, 2.75) is 38.1 Å². The van der Waals surface area contributed by atoms with Crippen LogP contribution in [0.1, 0.15) is 32.1 Å². The zero-order valence-electron chi connectivity index (χ0n) is 9.03. The summed E-state index contributed by atoms with van der Waals surface area (Å²) in [6, 6.07) is 5.54. The lowest BCUT2D eigenvalue weighted by atomic mass is 9.94. The molecule has 0 aromatic carbocycles. The molecule has 2 rings (SSSR count). The molecule has 1 aromatic heterocycles. The molecule has 0 saturated heterocycles. The summed E-state index contributed by atoms with van der Waals surface area (Å²) in [6.07, 6.45) is 7.64. The second-order valence-corrected chi connectivity index (χ2v) is 4.46. The van der Waals surface area contributed by atoms with Crippen LogP contribution in [0.5, 0.6) is 0 Å². The van der Waals surface area contributed by atoms with Gasteiger partial charge >= 0.3 is 6.41 Å². The lowest BCUT2D eigenvalue weighted by molar-refractivity contribution is 0.430. The Balaban J connectivity index is 2.17. The summed E-state index contributed by atoms with van der Waals surface area (Å²) in [5, 5.41) is 0.411. The standard InChI is InChI=1S/C12H14ClN2O/c13-11-7-4-8-12(14-11)15(9-16)10-5-2-1-3-6-10/h4,7-8,10H,1-3,5-6H2. The minimum Gasteiger partial charge on any atom is -0.285 e. The van der Waals surface area contributed by atoms with Gasteiger partial charge in [-0.25, -0.2) is 4.98 Å². The number of hydrogen-bond acceptors (Lipinski definition) is 2. The van der Waals surface area contributed by atoms with Crippen molar-refractivity contribution in [3.05, 3.63) is 23.4 Å². The van der Waals surface area contributed by atoms with E-state index in [9.17, 15) is 4.79 Å². The van der Waals surface area contributed by atoms with Crippen molar-refractivity contribution in [1.82, 2.24) is 4.98 Å². The first-order chi connectivity index (χ1) is 7.81. The monoisotopic (exact) mass is 237 g/mol. The Bertz CT molecular complexity index is 364. The topological polar surface area (TPSA) is 33.2 Å². The Labute approximate surface area is 100 Å². The maximum atomic E-state index is 11.0.